The van der Waals surface area contributed by atoms with E-state index in [9.17, 15) is 8.78 Å². The highest BCUT2D eigenvalue weighted by Gasteiger charge is 2.17. The van der Waals surface area contributed by atoms with E-state index in [2.05, 4.69) is 10.3 Å². The minimum atomic E-state index is -0.395. The third kappa shape index (κ3) is 4.22. The van der Waals surface area contributed by atoms with Crippen LogP contribution in [0.1, 0.15) is 30.5 Å². The molecule has 5 heteroatoms. The lowest BCUT2D eigenvalue weighted by Crippen LogP contribution is -2.25. The Morgan fingerprint density at radius 2 is 2.05 bits per heavy atom. The largest absolute Gasteiger partial charge is 0.310 e. The summed E-state index contributed by atoms with van der Waals surface area (Å²) in [6.07, 6.45) is 3.94. The average Bonchev–Trinajstić information content (AvgIpc) is 2.48. The average molecular weight is 311 g/mol. The molecule has 112 valence electrons. The van der Waals surface area contributed by atoms with E-state index >= 15 is 0 Å². The number of halogens is 3. The number of nitrogens with zero attached hydrogens (tertiary/aromatic N) is 1. The van der Waals surface area contributed by atoms with Crippen LogP contribution in [0.5, 0.6) is 0 Å². The molecule has 0 spiro atoms. The molecule has 0 radical (unpaired) electrons. The fraction of sp³-hybridized carbons (Fsp3) is 0.312. The van der Waals surface area contributed by atoms with Crippen molar-refractivity contribution in [2.45, 2.75) is 25.8 Å². The van der Waals surface area contributed by atoms with Gasteiger partial charge in [0.25, 0.3) is 0 Å². The van der Waals surface area contributed by atoms with Crippen LogP contribution in [0.2, 0.25) is 5.02 Å². The second kappa shape index (κ2) is 7.48. The molecule has 0 fully saturated rings. The Morgan fingerprint density at radius 1 is 1.24 bits per heavy atom. The summed E-state index contributed by atoms with van der Waals surface area (Å²) < 4.78 is 27.8. The van der Waals surface area contributed by atoms with Gasteiger partial charge in [-0.15, -0.1) is 0 Å². The SMILES string of the molecule is CCCNC(Cc1cc(Cl)ccc1F)c1ccncc1F. The summed E-state index contributed by atoms with van der Waals surface area (Å²) in [6.45, 7) is 2.74. The van der Waals surface area contributed by atoms with Gasteiger partial charge in [0.05, 0.1) is 6.20 Å². The number of pyridine rings is 1. The van der Waals surface area contributed by atoms with Gasteiger partial charge in [0.15, 0.2) is 0 Å². The van der Waals surface area contributed by atoms with Crippen LogP contribution in [0.3, 0.4) is 0 Å². The Kier molecular flexibility index (Phi) is 5.65. The molecule has 0 amide bonds. The Balaban J connectivity index is 2.28. The molecule has 1 heterocycles. The fourth-order valence-corrected chi connectivity index (χ4v) is 2.39. The fourth-order valence-electron chi connectivity index (χ4n) is 2.20. The highest BCUT2D eigenvalue weighted by atomic mass is 35.5. The molecule has 0 bridgehead atoms. The smallest absolute Gasteiger partial charge is 0.146 e. The van der Waals surface area contributed by atoms with Gasteiger partial charge in [-0.05, 0) is 49.2 Å². The lowest BCUT2D eigenvalue weighted by molar-refractivity contribution is 0.485. The first-order valence-corrected chi connectivity index (χ1v) is 7.26. The number of aromatic nitrogens is 1. The molecule has 0 saturated carbocycles. The zero-order valence-corrected chi connectivity index (χ0v) is 12.5. The molecule has 1 aromatic carbocycles. The van der Waals surface area contributed by atoms with Crippen molar-refractivity contribution in [1.82, 2.24) is 10.3 Å². The number of hydrogen-bond donors (Lipinski definition) is 1. The van der Waals surface area contributed by atoms with Crippen molar-refractivity contribution in [3.8, 4) is 0 Å². The van der Waals surface area contributed by atoms with Crippen molar-refractivity contribution in [3.05, 3.63) is 64.4 Å². The van der Waals surface area contributed by atoms with Gasteiger partial charge in [-0.2, -0.15) is 0 Å². The number of rotatable bonds is 6. The molecule has 0 aliphatic rings. The Bertz CT molecular complexity index is 605. The Morgan fingerprint density at radius 3 is 2.76 bits per heavy atom. The molecular formula is C16H17ClF2N2. The van der Waals surface area contributed by atoms with Crippen molar-refractivity contribution < 1.29 is 8.78 Å². The van der Waals surface area contributed by atoms with Gasteiger partial charge >= 0.3 is 0 Å². The van der Waals surface area contributed by atoms with Gasteiger partial charge in [0.1, 0.15) is 11.6 Å². The first kappa shape index (κ1) is 15.9. The maximum Gasteiger partial charge on any atom is 0.146 e. The molecule has 1 unspecified atom stereocenters. The maximum absolute atomic E-state index is 13.9. The summed E-state index contributed by atoms with van der Waals surface area (Å²) in [5.41, 5.74) is 0.949. The summed E-state index contributed by atoms with van der Waals surface area (Å²) in [5, 5.41) is 3.71. The van der Waals surface area contributed by atoms with E-state index in [1.165, 1.54) is 24.5 Å². The van der Waals surface area contributed by atoms with E-state index in [0.717, 1.165) is 6.42 Å². The first-order valence-electron chi connectivity index (χ1n) is 6.88. The lowest BCUT2D eigenvalue weighted by atomic mass is 9.98. The Labute approximate surface area is 128 Å². The van der Waals surface area contributed by atoms with E-state index in [0.29, 0.717) is 29.1 Å². The van der Waals surface area contributed by atoms with Crippen molar-refractivity contribution in [2.24, 2.45) is 0 Å². The van der Waals surface area contributed by atoms with Gasteiger partial charge in [-0.25, -0.2) is 8.78 Å². The predicted octanol–water partition coefficient (Wildman–Crippen LogP) is 4.30. The van der Waals surface area contributed by atoms with Gasteiger partial charge < -0.3 is 5.32 Å². The van der Waals surface area contributed by atoms with Crippen LogP contribution in [0.15, 0.2) is 36.7 Å². The summed E-state index contributed by atoms with van der Waals surface area (Å²) >= 11 is 5.91. The highest BCUT2D eigenvalue weighted by molar-refractivity contribution is 6.30. The van der Waals surface area contributed by atoms with E-state index in [1.54, 1.807) is 12.1 Å². The molecule has 0 aliphatic carbocycles. The van der Waals surface area contributed by atoms with Crippen LogP contribution in [-0.2, 0) is 6.42 Å². The molecule has 2 rings (SSSR count). The molecule has 1 atom stereocenters. The molecule has 1 aromatic heterocycles. The van der Waals surface area contributed by atoms with E-state index in [1.807, 2.05) is 6.92 Å². The third-order valence-corrected chi connectivity index (χ3v) is 3.49. The van der Waals surface area contributed by atoms with Crippen LogP contribution in [-0.4, -0.2) is 11.5 Å². The van der Waals surface area contributed by atoms with Gasteiger partial charge in [-0.1, -0.05) is 18.5 Å². The summed E-state index contributed by atoms with van der Waals surface area (Å²) in [7, 11) is 0. The molecule has 21 heavy (non-hydrogen) atoms. The van der Waals surface area contributed by atoms with E-state index < -0.39 is 5.82 Å². The standard InChI is InChI=1S/C16H17ClF2N2/c1-2-6-21-16(13-5-7-20-10-15(13)19)9-11-8-12(17)3-4-14(11)18/h3-5,7-8,10,16,21H,2,6,9H2,1H3. The van der Waals surface area contributed by atoms with Gasteiger partial charge in [-0.3, -0.25) is 4.98 Å². The third-order valence-electron chi connectivity index (χ3n) is 3.25. The van der Waals surface area contributed by atoms with Gasteiger partial charge in [0, 0.05) is 22.8 Å². The zero-order chi connectivity index (χ0) is 15.2. The first-order chi connectivity index (χ1) is 10.1. The molecule has 2 nitrogen and oxygen atoms in total. The van der Waals surface area contributed by atoms with Crippen LogP contribution in [0.25, 0.3) is 0 Å². The highest BCUT2D eigenvalue weighted by Crippen LogP contribution is 2.24. The Hall–Kier alpha value is -1.52. The van der Waals surface area contributed by atoms with E-state index in [4.69, 9.17) is 11.6 Å². The van der Waals surface area contributed by atoms with E-state index in [-0.39, 0.29) is 11.9 Å². The minimum absolute atomic E-state index is 0.319. The summed E-state index contributed by atoms with van der Waals surface area (Å²) in [5.74, 6) is -0.731. The minimum Gasteiger partial charge on any atom is -0.310 e. The second-order valence-corrected chi connectivity index (χ2v) is 5.28. The monoisotopic (exact) mass is 310 g/mol. The summed E-state index contributed by atoms with van der Waals surface area (Å²) in [4.78, 5) is 3.75. The molecule has 2 aromatic rings. The van der Waals surface area contributed by atoms with Crippen molar-refractivity contribution >= 4 is 11.6 Å². The van der Waals surface area contributed by atoms with Crippen LogP contribution in [0, 0.1) is 11.6 Å². The molecule has 0 saturated heterocycles. The quantitative estimate of drug-likeness (QED) is 0.860. The summed E-state index contributed by atoms with van der Waals surface area (Å²) in [6, 6.07) is 5.71. The van der Waals surface area contributed by atoms with Crippen molar-refractivity contribution in [2.75, 3.05) is 6.54 Å². The zero-order valence-electron chi connectivity index (χ0n) is 11.7. The lowest BCUT2D eigenvalue weighted by Gasteiger charge is -2.20. The number of benzene rings is 1. The predicted molar refractivity (Wildman–Crippen MR) is 80.3 cm³/mol. The van der Waals surface area contributed by atoms with Crippen molar-refractivity contribution in [1.29, 1.82) is 0 Å². The van der Waals surface area contributed by atoms with Crippen LogP contribution < -0.4 is 5.32 Å². The number of nitrogens with one attached hydrogen (secondary N) is 1. The second-order valence-electron chi connectivity index (χ2n) is 4.84. The molecular weight excluding hydrogens is 294 g/mol. The van der Waals surface area contributed by atoms with Crippen molar-refractivity contribution in [3.63, 3.8) is 0 Å². The maximum atomic E-state index is 13.9. The van der Waals surface area contributed by atoms with Gasteiger partial charge in [0.2, 0.25) is 0 Å². The normalized spacial score (nSPS) is 12.4. The number of hydrogen-bond acceptors (Lipinski definition) is 2. The molecule has 1 N–H and O–H groups in total. The topological polar surface area (TPSA) is 24.9 Å². The van der Waals surface area contributed by atoms with Crippen LogP contribution in [0.4, 0.5) is 8.78 Å². The van der Waals surface area contributed by atoms with Crippen LogP contribution >= 0.6 is 11.6 Å². The molecule has 0 aliphatic heterocycles.